The second-order valence-electron chi connectivity index (χ2n) is 12.4. The Morgan fingerprint density at radius 1 is 1.00 bits per heavy atom. The van der Waals surface area contributed by atoms with E-state index < -0.39 is 52.2 Å². The Morgan fingerprint density at radius 3 is 2.24 bits per heavy atom. The molecule has 3 aromatic carbocycles. The highest BCUT2D eigenvalue weighted by molar-refractivity contribution is 7.98. The van der Waals surface area contributed by atoms with Gasteiger partial charge in [-0.05, 0) is 55.0 Å². The number of phenols is 1. The molecule has 49 heavy (non-hydrogen) atoms. The Kier molecular flexibility index (Phi) is 13.0. The molecule has 0 aliphatic carbocycles. The monoisotopic (exact) mass is 711 g/mol. The van der Waals surface area contributed by atoms with E-state index in [4.69, 9.17) is 9.84 Å². The zero-order valence-electron chi connectivity index (χ0n) is 28.1. The van der Waals surface area contributed by atoms with Crippen molar-refractivity contribution in [3.8, 4) is 11.5 Å². The number of hydrogen-bond donors (Lipinski definition) is 4. The molecular formula is C36H45N3O8S2. The van der Waals surface area contributed by atoms with Gasteiger partial charge in [0, 0.05) is 23.7 Å². The maximum Gasteiger partial charge on any atom is 0.322 e. The van der Waals surface area contributed by atoms with Crippen LogP contribution in [-0.2, 0) is 24.2 Å². The molecule has 0 fully saturated rings. The fourth-order valence-electron chi connectivity index (χ4n) is 6.16. The second kappa shape index (κ2) is 16.9. The lowest BCUT2D eigenvalue weighted by molar-refractivity contribution is -0.138. The summed E-state index contributed by atoms with van der Waals surface area (Å²) in [7, 11) is -3.81. The summed E-state index contributed by atoms with van der Waals surface area (Å²) in [5, 5.41) is 23.5. The van der Waals surface area contributed by atoms with Gasteiger partial charge < -0.3 is 30.5 Å². The normalized spacial score (nSPS) is 15.4. The Bertz CT molecular complexity index is 1710. The van der Waals surface area contributed by atoms with Gasteiger partial charge in [-0.25, -0.2) is 8.42 Å². The topological polar surface area (TPSA) is 162 Å². The second-order valence-corrected chi connectivity index (χ2v) is 15.2. The van der Waals surface area contributed by atoms with Crippen LogP contribution in [0.4, 0.5) is 11.4 Å². The summed E-state index contributed by atoms with van der Waals surface area (Å²) in [6, 6.07) is 17.4. The number of sulfone groups is 1. The van der Waals surface area contributed by atoms with Crippen molar-refractivity contribution in [2.45, 2.75) is 68.2 Å². The van der Waals surface area contributed by atoms with Crippen molar-refractivity contribution in [2.75, 3.05) is 36.6 Å². The first-order chi connectivity index (χ1) is 23.4. The molecule has 0 saturated carbocycles. The van der Waals surface area contributed by atoms with E-state index in [1.807, 2.05) is 42.7 Å². The molecule has 4 N–H and O–H groups in total. The van der Waals surface area contributed by atoms with Crippen molar-refractivity contribution in [3.63, 3.8) is 0 Å². The van der Waals surface area contributed by atoms with Crippen LogP contribution in [-0.4, -0.2) is 68.1 Å². The third-order valence-corrected chi connectivity index (χ3v) is 11.4. The van der Waals surface area contributed by atoms with E-state index in [0.717, 1.165) is 44.2 Å². The minimum absolute atomic E-state index is 0.00532. The highest BCUT2D eigenvalue weighted by atomic mass is 32.2. The fourth-order valence-corrected chi connectivity index (χ4v) is 8.82. The maximum absolute atomic E-state index is 14.3. The molecule has 2 amide bonds. The van der Waals surface area contributed by atoms with Gasteiger partial charge in [0.2, 0.25) is 5.91 Å². The molecule has 13 heteroatoms. The number of phenolic OH excluding ortho intramolecular Hbond substituents is 1. The number of hydrogen-bond acceptors (Lipinski definition) is 9. The van der Waals surface area contributed by atoms with Crippen LogP contribution in [0, 0.1) is 5.41 Å². The van der Waals surface area contributed by atoms with Crippen LogP contribution in [0.25, 0.3) is 0 Å². The van der Waals surface area contributed by atoms with Crippen LogP contribution in [0.15, 0.2) is 76.5 Å². The largest absolute Gasteiger partial charge is 0.508 e. The molecule has 4 rings (SSSR count). The summed E-state index contributed by atoms with van der Waals surface area (Å²) in [5.74, 6) is -2.56. The number of aliphatic carboxylic acids is 1. The number of benzene rings is 3. The number of anilines is 2. The van der Waals surface area contributed by atoms with Crippen molar-refractivity contribution < 1.29 is 37.8 Å². The SMILES string of the molecule is CCCCC1(CCCC)CN(c2ccccc2)c2cc(SC)c(OCC(=O)N[C@@H](C(=O)NCC(=O)O)c3ccc(O)cc3)cc2S(=O)(=O)C1. The summed E-state index contributed by atoms with van der Waals surface area (Å²) in [5.41, 5.74) is 1.29. The number of aromatic hydroxyl groups is 1. The predicted octanol–water partition coefficient (Wildman–Crippen LogP) is 5.84. The number of para-hydroxylation sites is 1. The molecule has 3 aromatic rings. The molecule has 1 aliphatic heterocycles. The first kappa shape index (κ1) is 37.6. The predicted molar refractivity (Wildman–Crippen MR) is 190 cm³/mol. The van der Waals surface area contributed by atoms with Gasteiger partial charge in [-0.1, -0.05) is 69.9 Å². The number of rotatable bonds is 16. The lowest BCUT2D eigenvalue weighted by Gasteiger charge is -2.37. The first-order valence-corrected chi connectivity index (χ1v) is 19.3. The molecule has 11 nitrogen and oxygen atoms in total. The molecule has 0 spiro atoms. The number of thioether (sulfide) groups is 1. The van der Waals surface area contributed by atoms with Crippen molar-refractivity contribution in [3.05, 3.63) is 72.3 Å². The van der Waals surface area contributed by atoms with Crippen LogP contribution in [0.2, 0.25) is 0 Å². The molecule has 264 valence electrons. The Balaban J connectivity index is 1.68. The number of nitrogens with zero attached hydrogens (tertiary/aromatic N) is 1. The smallest absolute Gasteiger partial charge is 0.322 e. The van der Waals surface area contributed by atoms with E-state index >= 15 is 0 Å². The molecule has 0 bridgehead atoms. The summed E-state index contributed by atoms with van der Waals surface area (Å²) in [6.45, 7) is 3.57. The third kappa shape index (κ3) is 9.69. The molecule has 1 heterocycles. The molecule has 0 aromatic heterocycles. The summed E-state index contributed by atoms with van der Waals surface area (Å²) >= 11 is 1.36. The standard InChI is InChI=1S/C36H45N3O8S2/c1-4-6-17-36(18-7-5-2)23-39(26-11-9-8-10-12-26)28-19-30(48-3)29(20-31(28)49(45,46)24-36)47-22-32(41)38-34(35(44)37-21-33(42)43)25-13-15-27(40)16-14-25/h8-16,19-20,34,40H,4-7,17-18,21-24H2,1-3H3,(H,37,44)(H,38,41)(H,42,43)/t34-/m1/s1. The Hall–Kier alpha value is -4.23. The lowest BCUT2D eigenvalue weighted by Crippen LogP contribution is -2.43. The van der Waals surface area contributed by atoms with E-state index in [1.54, 1.807) is 0 Å². The van der Waals surface area contributed by atoms with Crippen LogP contribution in [0.3, 0.4) is 0 Å². The molecule has 0 saturated heterocycles. The molecule has 0 unspecified atom stereocenters. The van der Waals surface area contributed by atoms with Gasteiger partial charge in [0.1, 0.15) is 24.1 Å². The van der Waals surface area contributed by atoms with E-state index in [1.165, 1.54) is 42.1 Å². The number of nitrogens with one attached hydrogen (secondary N) is 2. The zero-order chi connectivity index (χ0) is 35.6. The number of ether oxygens (including phenoxy) is 1. The van der Waals surface area contributed by atoms with Gasteiger partial charge in [0.15, 0.2) is 16.4 Å². The molecular weight excluding hydrogens is 667 g/mol. The van der Waals surface area contributed by atoms with Crippen molar-refractivity contribution in [1.29, 1.82) is 0 Å². The van der Waals surface area contributed by atoms with Crippen LogP contribution in [0.5, 0.6) is 11.5 Å². The highest BCUT2D eigenvalue weighted by Crippen LogP contribution is 2.47. The fraction of sp³-hybridized carbons (Fsp3) is 0.417. The number of carboxylic acid groups (broad SMARTS) is 1. The Labute approximate surface area is 292 Å². The average Bonchev–Trinajstić information content (AvgIpc) is 3.18. The van der Waals surface area contributed by atoms with Gasteiger partial charge in [0.05, 0.1) is 21.2 Å². The maximum atomic E-state index is 14.3. The number of carbonyl (C=O) groups is 3. The van der Waals surface area contributed by atoms with E-state index in [0.29, 0.717) is 22.7 Å². The minimum atomic E-state index is -3.81. The van der Waals surface area contributed by atoms with Gasteiger partial charge in [0.25, 0.3) is 5.91 Å². The minimum Gasteiger partial charge on any atom is -0.508 e. The molecule has 0 radical (unpaired) electrons. The van der Waals surface area contributed by atoms with Crippen molar-refractivity contribution in [2.24, 2.45) is 5.41 Å². The lowest BCUT2D eigenvalue weighted by atomic mass is 9.79. The first-order valence-electron chi connectivity index (χ1n) is 16.4. The number of carboxylic acids is 1. The highest BCUT2D eigenvalue weighted by Gasteiger charge is 2.42. The number of carbonyl (C=O) groups excluding carboxylic acids is 2. The van der Waals surface area contributed by atoms with Gasteiger partial charge in [-0.15, -0.1) is 11.8 Å². The number of unbranched alkanes of at least 4 members (excludes halogenated alkanes) is 2. The van der Waals surface area contributed by atoms with Gasteiger partial charge in [-0.3, -0.25) is 14.4 Å². The quantitative estimate of drug-likeness (QED) is 0.133. The van der Waals surface area contributed by atoms with E-state index in [9.17, 15) is 27.9 Å². The van der Waals surface area contributed by atoms with Crippen molar-refractivity contribution in [1.82, 2.24) is 10.6 Å². The van der Waals surface area contributed by atoms with Gasteiger partial charge >= 0.3 is 5.97 Å². The third-order valence-electron chi connectivity index (χ3n) is 8.62. The Morgan fingerprint density at radius 2 is 1.65 bits per heavy atom. The van der Waals surface area contributed by atoms with Crippen molar-refractivity contribution >= 4 is 50.8 Å². The van der Waals surface area contributed by atoms with Crippen LogP contribution >= 0.6 is 11.8 Å². The molecule has 1 aliphatic rings. The number of amides is 2. The molecule has 1 atom stereocenters. The summed E-state index contributed by atoms with van der Waals surface area (Å²) in [6.07, 6.45) is 7.14. The summed E-state index contributed by atoms with van der Waals surface area (Å²) in [4.78, 5) is 40.0. The van der Waals surface area contributed by atoms with E-state index in [-0.39, 0.29) is 22.1 Å². The average molecular weight is 712 g/mol. The van der Waals surface area contributed by atoms with Crippen LogP contribution in [0.1, 0.15) is 64.0 Å². The summed E-state index contributed by atoms with van der Waals surface area (Å²) < 4.78 is 34.6. The van der Waals surface area contributed by atoms with E-state index in [2.05, 4.69) is 29.4 Å². The zero-order valence-corrected chi connectivity index (χ0v) is 29.7. The van der Waals surface area contributed by atoms with Crippen LogP contribution < -0.4 is 20.3 Å². The van der Waals surface area contributed by atoms with Gasteiger partial charge in [-0.2, -0.15) is 0 Å². The number of fused-ring (bicyclic) bond motifs is 1.